The molecule has 1 aromatic heterocycles. The van der Waals surface area contributed by atoms with Crippen molar-refractivity contribution in [2.24, 2.45) is 7.05 Å². The number of rotatable bonds is 1. The Bertz CT molecular complexity index is 513. The predicted molar refractivity (Wildman–Crippen MR) is 55.9 cm³/mol. The van der Waals surface area contributed by atoms with Crippen LogP contribution in [-0.4, -0.2) is 9.13 Å². The SMILES string of the molecule is CC(C)n1c(=S)cc(C(F)(F)F)n(C)c1=O. The van der Waals surface area contributed by atoms with Crippen molar-refractivity contribution in [3.05, 3.63) is 26.9 Å². The van der Waals surface area contributed by atoms with Crippen molar-refractivity contribution in [2.75, 3.05) is 0 Å². The van der Waals surface area contributed by atoms with E-state index in [1.54, 1.807) is 13.8 Å². The van der Waals surface area contributed by atoms with Gasteiger partial charge >= 0.3 is 11.9 Å². The minimum atomic E-state index is -4.57. The first-order valence-electron chi connectivity index (χ1n) is 4.56. The molecule has 0 spiro atoms. The van der Waals surface area contributed by atoms with E-state index in [9.17, 15) is 18.0 Å². The average Bonchev–Trinajstić information content (AvgIpc) is 2.09. The van der Waals surface area contributed by atoms with E-state index in [1.807, 2.05) is 0 Å². The number of aromatic nitrogens is 2. The predicted octanol–water partition coefficient (Wildman–Crippen LogP) is 2.52. The quantitative estimate of drug-likeness (QED) is 0.718. The molecule has 0 aliphatic carbocycles. The van der Waals surface area contributed by atoms with Crippen LogP contribution in [0.25, 0.3) is 0 Å². The molecule has 0 aliphatic rings. The van der Waals surface area contributed by atoms with Crippen LogP contribution in [0.5, 0.6) is 0 Å². The first-order valence-corrected chi connectivity index (χ1v) is 4.97. The summed E-state index contributed by atoms with van der Waals surface area (Å²) in [5.74, 6) is 0. The minimum absolute atomic E-state index is 0.106. The maximum atomic E-state index is 12.5. The zero-order chi connectivity index (χ0) is 12.7. The molecule has 0 saturated heterocycles. The normalized spacial score (nSPS) is 12.2. The van der Waals surface area contributed by atoms with Crippen LogP contribution in [0.2, 0.25) is 0 Å². The third-order valence-electron chi connectivity index (χ3n) is 2.16. The maximum absolute atomic E-state index is 12.5. The van der Waals surface area contributed by atoms with E-state index < -0.39 is 17.6 Å². The van der Waals surface area contributed by atoms with Crippen molar-refractivity contribution in [1.82, 2.24) is 9.13 Å². The summed E-state index contributed by atoms with van der Waals surface area (Å²) in [6.07, 6.45) is -4.57. The molecule has 0 radical (unpaired) electrons. The Balaban J connectivity index is 3.66. The van der Waals surface area contributed by atoms with Crippen LogP contribution < -0.4 is 5.69 Å². The molecule has 0 saturated carbocycles. The Kier molecular flexibility index (Phi) is 3.27. The van der Waals surface area contributed by atoms with Crippen LogP contribution in [-0.2, 0) is 13.2 Å². The van der Waals surface area contributed by atoms with Gasteiger partial charge in [-0.1, -0.05) is 12.2 Å². The van der Waals surface area contributed by atoms with Gasteiger partial charge in [-0.05, 0) is 13.8 Å². The molecule has 7 heteroatoms. The van der Waals surface area contributed by atoms with Crippen molar-refractivity contribution >= 4 is 12.2 Å². The fourth-order valence-corrected chi connectivity index (χ4v) is 1.79. The van der Waals surface area contributed by atoms with E-state index >= 15 is 0 Å². The summed E-state index contributed by atoms with van der Waals surface area (Å²) in [5, 5.41) is 0. The molecule has 1 aromatic rings. The van der Waals surface area contributed by atoms with Crippen molar-refractivity contribution < 1.29 is 13.2 Å². The summed E-state index contributed by atoms with van der Waals surface area (Å²) in [4.78, 5) is 11.7. The molecule has 0 amide bonds. The molecule has 3 nitrogen and oxygen atoms in total. The van der Waals surface area contributed by atoms with Crippen LogP contribution in [0.4, 0.5) is 13.2 Å². The van der Waals surface area contributed by atoms with E-state index in [0.717, 1.165) is 17.7 Å². The van der Waals surface area contributed by atoms with Gasteiger partial charge < -0.3 is 0 Å². The lowest BCUT2D eigenvalue weighted by atomic mass is 10.3. The zero-order valence-corrected chi connectivity index (χ0v) is 9.82. The minimum Gasteiger partial charge on any atom is -0.292 e. The summed E-state index contributed by atoms with van der Waals surface area (Å²) in [6.45, 7) is 3.37. The second kappa shape index (κ2) is 4.04. The van der Waals surface area contributed by atoms with E-state index in [4.69, 9.17) is 12.2 Å². The summed E-state index contributed by atoms with van der Waals surface area (Å²) in [7, 11) is 1.08. The van der Waals surface area contributed by atoms with Gasteiger partial charge in [0.2, 0.25) is 0 Å². The first kappa shape index (κ1) is 13.0. The summed E-state index contributed by atoms with van der Waals surface area (Å²) >= 11 is 4.78. The van der Waals surface area contributed by atoms with Gasteiger partial charge in [-0.25, -0.2) is 4.79 Å². The molecule has 16 heavy (non-hydrogen) atoms. The van der Waals surface area contributed by atoms with Gasteiger partial charge in [0.25, 0.3) is 0 Å². The fourth-order valence-electron chi connectivity index (χ4n) is 1.39. The Morgan fingerprint density at radius 3 is 2.25 bits per heavy atom. The lowest BCUT2D eigenvalue weighted by molar-refractivity contribution is -0.144. The number of halogens is 3. The van der Waals surface area contributed by atoms with Crippen molar-refractivity contribution in [1.29, 1.82) is 0 Å². The van der Waals surface area contributed by atoms with Gasteiger partial charge in [-0.2, -0.15) is 13.2 Å². The molecule has 0 aliphatic heterocycles. The van der Waals surface area contributed by atoms with Crippen molar-refractivity contribution in [3.63, 3.8) is 0 Å². The number of hydrogen-bond donors (Lipinski definition) is 0. The number of hydrogen-bond acceptors (Lipinski definition) is 2. The lowest BCUT2D eigenvalue weighted by Crippen LogP contribution is -2.34. The Morgan fingerprint density at radius 1 is 1.38 bits per heavy atom. The Hall–Kier alpha value is -1.11. The van der Waals surface area contributed by atoms with Crippen molar-refractivity contribution in [2.45, 2.75) is 26.1 Å². The van der Waals surface area contributed by atoms with Crippen LogP contribution in [0.3, 0.4) is 0 Å². The monoisotopic (exact) mass is 252 g/mol. The van der Waals surface area contributed by atoms with Gasteiger partial charge in [-0.15, -0.1) is 0 Å². The van der Waals surface area contributed by atoms with E-state index in [-0.39, 0.29) is 10.7 Å². The average molecular weight is 252 g/mol. The third-order valence-corrected chi connectivity index (χ3v) is 2.47. The van der Waals surface area contributed by atoms with Crippen LogP contribution in [0, 0.1) is 4.64 Å². The van der Waals surface area contributed by atoms with Crippen LogP contribution >= 0.6 is 12.2 Å². The molecule has 0 unspecified atom stereocenters. The second-order valence-corrected chi connectivity index (χ2v) is 4.09. The molecule has 1 rings (SSSR count). The van der Waals surface area contributed by atoms with E-state index in [2.05, 4.69) is 0 Å². The maximum Gasteiger partial charge on any atom is 0.431 e. The largest absolute Gasteiger partial charge is 0.431 e. The molecular formula is C9H11F3N2OS. The van der Waals surface area contributed by atoms with Gasteiger partial charge in [0, 0.05) is 19.2 Å². The highest BCUT2D eigenvalue weighted by atomic mass is 32.1. The fraction of sp³-hybridized carbons (Fsp3) is 0.556. The molecular weight excluding hydrogens is 241 g/mol. The molecule has 0 bridgehead atoms. The summed E-state index contributed by atoms with van der Waals surface area (Å²) in [5.41, 5.74) is -1.78. The summed E-state index contributed by atoms with van der Waals surface area (Å²) in [6, 6.07) is 0.532. The molecule has 0 aromatic carbocycles. The Morgan fingerprint density at radius 2 is 1.88 bits per heavy atom. The molecule has 0 atom stereocenters. The number of nitrogens with zero attached hydrogens (tertiary/aromatic N) is 2. The highest BCUT2D eigenvalue weighted by Crippen LogP contribution is 2.28. The van der Waals surface area contributed by atoms with Gasteiger partial charge in [0.1, 0.15) is 10.3 Å². The topological polar surface area (TPSA) is 26.9 Å². The highest BCUT2D eigenvalue weighted by molar-refractivity contribution is 7.71. The zero-order valence-electron chi connectivity index (χ0n) is 9.00. The molecule has 0 N–H and O–H groups in total. The first-order chi connectivity index (χ1) is 7.16. The molecule has 1 heterocycles. The lowest BCUT2D eigenvalue weighted by Gasteiger charge is -2.16. The van der Waals surface area contributed by atoms with Crippen LogP contribution in [0.1, 0.15) is 25.6 Å². The third kappa shape index (κ3) is 2.18. The highest BCUT2D eigenvalue weighted by Gasteiger charge is 2.34. The van der Waals surface area contributed by atoms with Gasteiger partial charge in [-0.3, -0.25) is 9.13 Å². The number of alkyl halides is 3. The smallest absolute Gasteiger partial charge is 0.292 e. The second-order valence-electron chi connectivity index (χ2n) is 3.67. The molecule has 0 fully saturated rings. The van der Waals surface area contributed by atoms with E-state index in [0.29, 0.717) is 4.57 Å². The molecule has 90 valence electrons. The standard InChI is InChI=1S/C9H11F3N2OS/c1-5(2)14-7(16)4-6(9(10,11)12)13(3)8(14)15/h4-5H,1-3H3. The van der Waals surface area contributed by atoms with Crippen molar-refractivity contribution in [3.8, 4) is 0 Å². The van der Waals surface area contributed by atoms with Gasteiger partial charge in [0.15, 0.2) is 0 Å². The Labute approximate surface area is 95.1 Å². The van der Waals surface area contributed by atoms with Gasteiger partial charge in [0.05, 0.1) is 0 Å². The summed E-state index contributed by atoms with van der Waals surface area (Å²) < 4.78 is 39.2. The van der Waals surface area contributed by atoms with E-state index in [1.165, 1.54) is 0 Å². The van der Waals surface area contributed by atoms with Crippen LogP contribution in [0.15, 0.2) is 10.9 Å².